The molecule has 0 N–H and O–H groups in total. The molecule has 1 aromatic rings. The Kier molecular flexibility index (Phi) is 4.32. The Bertz CT molecular complexity index is 312. The maximum Gasteiger partial charge on any atom is 0.573 e. The number of halogens is 3. The van der Waals surface area contributed by atoms with Gasteiger partial charge in [0.05, 0.1) is 0 Å². The molecule has 1 rings (SSSR count). The summed E-state index contributed by atoms with van der Waals surface area (Å²) in [6, 6.07) is 6.08. The summed E-state index contributed by atoms with van der Waals surface area (Å²) in [6.07, 6.45) is -1.91. The molecule has 0 atom stereocenters. The quantitative estimate of drug-likeness (QED) is 0.791. The Morgan fingerprint density at radius 2 is 2.07 bits per heavy atom. The molecule has 0 heterocycles. The zero-order valence-corrected chi connectivity index (χ0v) is 8.99. The molecule has 0 aliphatic heterocycles. The van der Waals surface area contributed by atoms with E-state index in [9.17, 15) is 13.2 Å². The van der Waals surface area contributed by atoms with Gasteiger partial charge >= 0.3 is 6.36 Å². The SMILES string of the molecule is CSCCc1cccc(OC(F)(F)F)c1. The van der Waals surface area contributed by atoms with Gasteiger partial charge < -0.3 is 4.74 Å². The lowest BCUT2D eigenvalue weighted by molar-refractivity contribution is -0.274. The fraction of sp³-hybridized carbons (Fsp3) is 0.400. The van der Waals surface area contributed by atoms with E-state index in [2.05, 4.69) is 4.74 Å². The summed E-state index contributed by atoms with van der Waals surface area (Å²) in [5, 5.41) is 0. The minimum Gasteiger partial charge on any atom is -0.406 e. The van der Waals surface area contributed by atoms with Crippen LogP contribution in [0.15, 0.2) is 24.3 Å². The molecule has 0 fully saturated rings. The van der Waals surface area contributed by atoms with Crippen LogP contribution < -0.4 is 4.74 Å². The van der Waals surface area contributed by atoms with Crippen molar-refractivity contribution in [3.63, 3.8) is 0 Å². The Morgan fingerprint density at radius 3 is 2.67 bits per heavy atom. The van der Waals surface area contributed by atoms with E-state index in [-0.39, 0.29) is 5.75 Å². The fourth-order valence-electron chi connectivity index (χ4n) is 1.12. The second-order valence-corrected chi connectivity index (χ2v) is 3.92. The van der Waals surface area contributed by atoms with Gasteiger partial charge in [0.1, 0.15) is 5.75 Å². The summed E-state index contributed by atoms with van der Waals surface area (Å²) in [6.45, 7) is 0. The number of ether oxygens (including phenoxy) is 1. The Labute approximate surface area is 90.6 Å². The third-order valence-corrected chi connectivity index (χ3v) is 2.34. The second-order valence-electron chi connectivity index (χ2n) is 2.94. The lowest BCUT2D eigenvalue weighted by Crippen LogP contribution is -2.17. The first-order valence-electron chi connectivity index (χ1n) is 4.35. The van der Waals surface area contributed by atoms with E-state index in [1.807, 2.05) is 6.26 Å². The van der Waals surface area contributed by atoms with Crippen molar-refractivity contribution in [3.8, 4) is 5.75 Å². The first-order chi connectivity index (χ1) is 7.01. The average Bonchev–Trinajstić information content (AvgIpc) is 2.12. The topological polar surface area (TPSA) is 9.23 Å². The molecule has 0 saturated heterocycles. The van der Waals surface area contributed by atoms with Crippen LogP contribution in [0.3, 0.4) is 0 Å². The predicted molar refractivity (Wildman–Crippen MR) is 55.2 cm³/mol. The molecule has 15 heavy (non-hydrogen) atoms. The lowest BCUT2D eigenvalue weighted by atomic mass is 10.2. The molecule has 0 spiro atoms. The van der Waals surface area contributed by atoms with Gasteiger partial charge in [-0.25, -0.2) is 0 Å². The van der Waals surface area contributed by atoms with Gasteiger partial charge in [-0.2, -0.15) is 11.8 Å². The number of rotatable bonds is 4. The minimum atomic E-state index is -4.61. The van der Waals surface area contributed by atoms with E-state index >= 15 is 0 Å². The van der Waals surface area contributed by atoms with Gasteiger partial charge in [0, 0.05) is 0 Å². The van der Waals surface area contributed by atoms with Crippen molar-refractivity contribution >= 4 is 11.8 Å². The highest BCUT2D eigenvalue weighted by molar-refractivity contribution is 7.98. The van der Waals surface area contributed by atoms with Crippen molar-refractivity contribution in [3.05, 3.63) is 29.8 Å². The molecule has 0 aliphatic carbocycles. The van der Waals surface area contributed by atoms with Gasteiger partial charge in [0.25, 0.3) is 0 Å². The highest BCUT2D eigenvalue weighted by Crippen LogP contribution is 2.23. The zero-order chi connectivity index (χ0) is 11.3. The Morgan fingerprint density at radius 1 is 1.33 bits per heavy atom. The van der Waals surface area contributed by atoms with Crippen molar-refractivity contribution in [2.45, 2.75) is 12.8 Å². The molecule has 0 aromatic heterocycles. The van der Waals surface area contributed by atoms with E-state index in [1.165, 1.54) is 12.1 Å². The van der Waals surface area contributed by atoms with Gasteiger partial charge in [-0.05, 0) is 36.1 Å². The third kappa shape index (κ3) is 4.97. The summed E-state index contributed by atoms with van der Waals surface area (Å²) in [5.74, 6) is 0.733. The standard InChI is InChI=1S/C10H11F3OS/c1-15-6-5-8-3-2-4-9(7-8)14-10(11,12)13/h2-4,7H,5-6H2,1H3. The number of aryl methyl sites for hydroxylation is 1. The molecule has 0 saturated carbocycles. The first kappa shape index (κ1) is 12.2. The highest BCUT2D eigenvalue weighted by atomic mass is 32.2. The monoisotopic (exact) mass is 236 g/mol. The van der Waals surface area contributed by atoms with Crippen LogP contribution in [0.25, 0.3) is 0 Å². The lowest BCUT2D eigenvalue weighted by Gasteiger charge is -2.09. The maximum atomic E-state index is 11.9. The predicted octanol–water partition coefficient (Wildman–Crippen LogP) is 3.49. The minimum absolute atomic E-state index is 0.152. The van der Waals surface area contributed by atoms with Crippen LogP contribution in [-0.2, 0) is 6.42 Å². The summed E-state index contributed by atoms with van der Waals surface area (Å²) in [7, 11) is 0. The first-order valence-corrected chi connectivity index (χ1v) is 5.74. The van der Waals surface area contributed by atoms with Crippen molar-refractivity contribution in [2.24, 2.45) is 0 Å². The molecule has 0 radical (unpaired) electrons. The van der Waals surface area contributed by atoms with E-state index in [0.717, 1.165) is 17.7 Å². The second kappa shape index (κ2) is 5.30. The van der Waals surface area contributed by atoms with Gasteiger partial charge in [-0.3, -0.25) is 0 Å². The Hall–Kier alpha value is -0.840. The van der Waals surface area contributed by atoms with E-state index in [4.69, 9.17) is 0 Å². The van der Waals surface area contributed by atoms with Crippen molar-refractivity contribution < 1.29 is 17.9 Å². The molecule has 0 aliphatic rings. The van der Waals surface area contributed by atoms with E-state index in [1.54, 1.807) is 23.9 Å². The molecular formula is C10H11F3OS. The highest BCUT2D eigenvalue weighted by Gasteiger charge is 2.30. The van der Waals surface area contributed by atoms with Crippen LogP contribution in [0.5, 0.6) is 5.75 Å². The van der Waals surface area contributed by atoms with Gasteiger partial charge in [0.15, 0.2) is 0 Å². The zero-order valence-electron chi connectivity index (χ0n) is 8.17. The maximum absolute atomic E-state index is 11.9. The fourth-order valence-corrected chi connectivity index (χ4v) is 1.56. The normalized spacial score (nSPS) is 11.5. The van der Waals surface area contributed by atoms with Crippen molar-refractivity contribution in [1.82, 2.24) is 0 Å². The number of thioether (sulfide) groups is 1. The van der Waals surface area contributed by atoms with Gasteiger partial charge in [-0.15, -0.1) is 13.2 Å². The summed E-state index contributed by atoms with van der Waals surface area (Å²) >= 11 is 1.65. The van der Waals surface area contributed by atoms with Crippen molar-refractivity contribution in [1.29, 1.82) is 0 Å². The van der Waals surface area contributed by atoms with Crippen LogP contribution in [0.4, 0.5) is 13.2 Å². The summed E-state index contributed by atoms with van der Waals surface area (Å²) in [4.78, 5) is 0. The number of hydrogen-bond donors (Lipinski definition) is 0. The molecule has 0 bridgehead atoms. The average molecular weight is 236 g/mol. The van der Waals surface area contributed by atoms with Crippen LogP contribution in [0.2, 0.25) is 0 Å². The van der Waals surface area contributed by atoms with E-state index in [0.29, 0.717) is 0 Å². The Balaban J connectivity index is 2.66. The van der Waals surface area contributed by atoms with Crippen molar-refractivity contribution in [2.75, 3.05) is 12.0 Å². The smallest absolute Gasteiger partial charge is 0.406 e. The number of alkyl halides is 3. The van der Waals surface area contributed by atoms with Crippen LogP contribution in [0, 0.1) is 0 Å². The largest absolute Gasteiger partial charge is 0.573 e. The van der Waals surface area contributed by atoms with Gasteiger partial charge in [0.2, 0.25) is 0 Å². The molecule has 1 nitrogen and oxygen atoms in total. The molecule has 84 valence electrons. The van der Waals surface area contributed by atoms with Crippen LogP contribution >= 0.6 is 11.8 Å². The summed E-state index contributed by atoms with van der Waals surface area (Å²) < 4.78 is 39.5. The van der Waals surface area contributed by atoms with Gasteiger partial charge in [-0.1, -0.05) is 12.1 Å². The summed E-state index contributed by atoms with van der Waals surface area (Å²) in [5.41, 5.74) is 0.853. The number of benzene rings is 1. The molecule has 0 unspecified atom stereocenters. The van der Waals surface area contributed by atoms with Crippen LogP contribution in [-0.4, -0.2) is 18.4 Å². The molecule has 0 amide bonds. The third-order valence-electron chi connectivity index (χ3n) is 1.73. The number of hydrogen-bond acceptors (Lipinski definition) is 2. The molecule has 5 heteroatoms. The van der Waals surface area contributed by atoms with E-state index < -0.39 is 6.36 Å². The molecule has 1 aromatic carbocycles. The molecular weight excluding hydrogens is 225 g/mol. The van der Waals surface area contributed by atoms with Crippen LogP contribution in [0.1, 0.15) is 5.56 Å².